The van der Waals surface area contributed by atoms with Gasteiger partial charge in [0.2, 0.25) is 5.91 Å². The molecule has 0 unspecified atom stereocenters. The van der Waals surface area contributed by atoms with Crippen LogP contribution in [0.25, 0.3) is 0 Å². The van der Waals surface area contributed by atoms with E-state index in [-0.39, 0.29) is 24.8 Å². The van der Waals surface area contributed by atoms with E-state index in [2.05, 4.69) is 15.9 Å². The number of nitrogens with zero attached hydrogens (tertiary/aromatic N) is 2. The van der Waals surface area contributed by atoms with E-state index < -0.39 is 0 Å². The third kappa shape index (κ3) is 3.80. The van der Waals surface area contributed by atoms with Crippen LogP contribution in [0.15, 0.2) is 58.0 Å². The van der Waals surface area contributed by atoms with Crippen molar-refractivity contribution in [3.05, 3.63) is 80.1 Å². The van der Waals surface area contributed by atoms with Crippen LogP contribution in [0.4, 0.5) is 5.00 Å². The average molecular weight is 509 g/mol. The van der Waals surface area contributed by atoms with Crippen LogP contribution in [-0.2, 0) is 17.6 Å². The summed E-state index contributed by atoms with van der Waals surface area (Å²) >= 11 is 5.13. The van der Waals surface area contributed by atoms with Crippen molar-refractivity contribution in [3.8, 4) is 5.75 Å². The second kappa shape index (κ2) is 8.64. The van der Waals surface area contributed by atoms with Gasteiger partial charge in [0.1, 0.15) is 17.3 Å². The van der Waals surface area contributed by atoms with E-state index in [1.807, 2.05) is 24.3 Å². The summed E-state index contributed by atoms with van der Waals surface area (Å²) in [5.74, 6) is 0.341. The number of amides is 1. The number of aryl methyl sites for hydroxylation is 1. The molecule has 3 aromatic rings. The Morgan fingerprint density at radius 2 is 2.00 bits per heavy atom. The van der Waals surface area contributed by atoms with E-state index >= 15 is 0 Å². The number of Topliss-reactive ketones (excluding diaryl/α,β-unsaturated/α-hetero) is 1. The highest BCUT2D eigenvalue weighted by Crippen LogP contribution is 2.43. The molecule has 0 saturated heterocycles. The number of methoxy groups -OCH3 is 1. The van der Waals surface area contributed by atoms with Crippen molar-refractivity contribution < 1.29 is 14.3 Å². The van der Waals surface area contributed by atoms with E-state index in [1.54, 1.807) is 47.6 Å². The van der Waals surface area contributed by atoms with Gasteiger partial charge < -0.3 is 4.74 Å². The molecule has 5 rings (SSSR count). The molecule has 2 aliphatic rings. The molecule has 0 spiro atoms. The Morgan fingerprint density at radius 1 is 1.19 bits per heavy atom. The lowest BCUT2D eigenvalue weighted by Gasteiger charge is -2.20. The molecule has 1 aromatic heterocycles. The molecule has 1 aliphatic carbocycles. The van der Waals surface area contributed by atoms with Crippen LogP contribution in [0.1, 0.15) is 38.3 Å². The topological polar surface area (TPSA) is 59.0 Å². The van der Waals surface area contributed by atoms with Gasteiger partial charge in [0.15, 0.2) is 5.78 Å². The van der Waals surface area contributed by atoms with Crippen LogP contribution >= 0.6 is 27.3 Å². The van der Waals surface area contributed by atoms with Gasteiger partial charge in [0, 0.05) is 26.0 Å². The van der Waals surface area contributed by atoms with Crippen molar-refractivity contribution in [1.29, 1.82) is 0 Å². The number of thiophene rings is 1. The molecule has 0 fully saturated rings. The second-order valence-electron chi connectivity index (χ2n) is 7.84. The predicted molar refractivity (Wildman–Crippen MR) is 131 cm³/mol. The van der Waals surface area contributed by atoms with Gasteiger partial charge >= 0.3 is 0 Å². The summed E-state index contributed by atoms with van der Waals surface area (Å²) in [7, 11) is 1.57. The molecule has 0 saturated carbocycles. The zero-order valence-corrected chi connectivity index (χ0v) is 20.0. The number of aliphatic imine (C=N–C) groups is 1. The average Bonchev–Trinajstić information content (AvgIpc) is 3.37. The molecule has 2 heterocycles. The number of anilines is 1. The SMILES string of the molecule is COc1cccc(C(=O)CN2C(=O)CN=C(c3ccc(Br)cc3)c3c2sc2c3CCC2)c1. The number of benzene rings is 2. The van der Waals surface area contributed by atoms with Gasteiger partial charge in [-0.2, -0.15) is 0 Å². The lowest BCUT2D eigenvalue weighted by molar-refractivity contribution is -0.117. The first-order valence-corrected chi connectivity index (χ1v) is 12.1. The largest absolute Gasteiger partial charge is 0.497 e. The van der Waals surface area contributed by atoms with Gasteiger partial charge in [-0.3, -0.25) is 19.5 Å². The molecule has 0 N–H and O–H groups in total. The minimum absolute atomic E-state index is 0.0124. The standard InChI is InChI=1S/C25H21BrN2O3S/c1-31-18-5-2-4-16(12-18)20(29)14-28-22(30)13-27-24(15-8-10-17(26)11-9-15)23-19-6-3-7-21(19)32-25(23)28/h2,4-5,8-12H,3,6-7,13-14H2,1H3. The molecule has 1 aliphatic heterocycles. The molecule has 0 atom stereocenters. The number of hydrogen-bond donors (Lipinski definition) is 0. The maximum absolute atomic E-state index is 13.2. The lowest BCUT2D eigenvalue weighted by atomic mass is 9.99. The van der Waals surface area contributed by atoms with Crippen molar-refractivity contribution in [1.82, 2.24) is 0 Å². The van der Waals surface area contributed by atoms with Gasteiger partial charge in [-0.15, -0.1) is 11.3 Å². The third-order valence-corrected chi connectivity index (χ3v) is 7.71. The summed E-state index contributed by atoms with van der Waals surface area (Å²) in [6.45, 7) is 0.00843. The summed E-state index contributed by atoms with van der Waals surface area (Å²) in [6, 6.07) is 15.1. The minimum Gasteiger partial charge on any atom is -0.497 e. The van der Waals surface area contributed by atoms with Gasteiger partial charge in [-0.1, -0.05) is 40.2 Å². The zero-order chi connectivity index (χ0) is 22.2. The molecule has 162 valence electrons. The number of rotatable bonds is 5. The smallest absolute Gasteiger partial charge is 0.249 e. The molecule has 32 heavy (non-hydrogen) atoms. The van der Waals surface area contributed by atoms with E-state index in [0.29, 0.717) is 11.3 Å². The molecule has 2 aromatic carbocycles. The Morgan fingerprint density at radius 3 is 2.78 bits per heavy atom. The van der Waals surface area contributed by atoms with Crippen molar-refractivity contribution in [2.75, 3.05) is 25.1 Å². The first-order chi connectivity index (χ1) is 15.5. The van der Waals surface area contributed by atoms with Crippen molar-refractivity contribution in [3.63, 3.8) is 0 Å². The molecular weight excluding hydrogens is 488 g/mol. The van der Waals surface area contributed by atoms with Crippen molar-refractivity contribution in [2.45, 2.75) is 19.3 Å². The normalized spacial score (nSPS) is 15.1. The first kappa shape index (κ1) is 21.1. The Labute approximate surface area is 198 Å². The highest BCUT2D eigenvalue weighted by atomic mass is 79.9. The number of halogens is 1. The van der Waals surface area contributed by atoms with E-state index in [4.69, 9.17) is 9.73 Å². The fourth-order valence-electron chi connectivity index (χ4n) is 4.28. The maximum atomic E-state index is 13.2. The number of ketones is 1. The monoisotopic (exact) mass is 508 g/mol. The molecule has 1 amide bonds. The first-order valence-electron chi connectivity index (χ1n) is 10.5. The quantitative estimate of drug-likeness (QED) is 0.451. The van der Waals surface area contributed by atoms with E-state index in [1.165, 1.54) is 10.4 Å². The predicted octanol–water partition coefficient (Wildman–Crippen LogP) is 5.07. The number of carbonyl (C=O) groups excluding carboxylic acids is 2. The van der Waals surface area contributed by atoms with E-state index in [9.17, 15) is 9.59 Å². The Kier molecular flexibility index (Phi) is 5.69. The summed E-state index contributed by atoms with van der Waals surface area (Å²) in [5, 5.41) is 0.843. The maximum Gasteiger partial charge on any atom is 0.249 e. The summed E-state index contributed by atoms with van der Waals surface area (Å²) < 4.78 is 6.25. The molecule has 0 bridgehead atoms. The highest BCUT2D eigenvalue weighted by Gasteiger charge is 2.34. The summed E-state index contributed by atoms with van der Waals surface area (Å²) in [6.07, 6.45) is 3.09. The number of ether oxygens (including phenoxy) is 1. The van der Waals surface area contributed by atoms with Crippen LogP contribution in [0.5, 0.6) is 5.75 Å². The Hall–Kier alpha value is -2.77. The zero-order valence-electron chi connectivity index (χ0n) is 17.6. The Balaban J connectivity index is 1.56. The Bertz CT molecular complexity index is 1250. The van der Waals surface area contributed by atoms with Crippen LogP contribution < -0.4 is 9.64 Å². The summed E-state index contributed by atoms with van der Waals surface area (Å²) in [5.41, 5.74) is 4.66. The number of carbonyl (C=O) groups is 2. The fraction of sp³-hybridized carbons (Fsp3) is 0.240. The molecule has 5 nitrogen and oxygen atoms in total. The number of hydrogen-bond acceptors (Lipinski definition) is 5. The highest BCUT2D eigenvalue weighted by molar-refractivity contribution is 9.10. The number of fused-ring (bicyclic) bond motifs is 3. The van der Waals surface area contributed by atoms with Crippen LogP contribution in [0.2, 0.25) is 0 Å². The second-order valence-corrected chi connectivity index (χ2v) is 9.84. The van der Waals surface area contributed by atoms with Crippen molar-refractivity contribution >= 4 is 49.7 Å². The van der Waals surface area contributed by atoms with Gasteiger partial charge in [-0.05, 0) is 49.1 Å². The fourth-order valence-corrected chi connectivity index (χ4v) is 5.95. The minimum atomic E-state index is -0.158. The van der Waals surface area contributed by atoms with Crippen LogP contribution in [0.3, 0.4) is 0 Å². The molecule has 7 heteroatoms. The summed E-state index contributed by atoms with van der Waals surface area (Å²) in [4.78, 5) is 34.0. The van der Waals surface area contributed by atoms with Crippen LogP contribution in [-0.4, -0.2) is 37.6 Å². The third-order valence-electron chi connectivity index (χ3n) is 5.87. The van der Waals surface area contributed by atoms with Gasteiger partial charge in [-0.25, -0.2) is 0 Å². The van der Waals surface area contributed by atoms with Crippen LogP contribution in [0, 0.1) is 0 Å². The van der Waals surface area contributed by atoms with E-state index in [0.717, 1.165) is 45.6 Å². The van der Waals surface area contributed by atoms with Gasteiger partial charge in [0.25, 0.3) is 0 Å². The lowest BCUT2D eigenvalue weighted by Crippen LogP contribution is -2.36. The van der Waals surface area contributed by atoms with Crippen molar-refractivity contribution in [2.24, 2.45) is 4.99 Å². The van der Waals surface area contributed by atoms with Gasteiger partial charge in [0.05, 0.1) is 19.4 Å². The molecular formula is C25H21BrN2O3S. The molecule has 0 radical (unpaired) electrons.